The van der Waals surface area contributed by atoms with Gasteiger partial charge < -0.3 is 14.3 Å². The molecule has 0 aromatic rings. The zero-order chi connectivity index (χ0) is 9.36. The Balaban J connectivity index is 2.02. The highest BCUT2D eigenvalue weighted by Crippen LogP contribution is 2.10. The monoisotopic (exact) mass is 184 g/mol. The number of rotatable bonds is 5. The SMILES string of the molecule is O=CCCC=CCC1COCOC1. The van der Waals surface area contributed by atoms with E-state index in [1.54, 1.807) is 0 Å². The highest BCUT2D eigenvalue weighted by Gasteiger charge is 2.11. The van der Waals surface area contributed by atoms with E-state index in [4.69, 9.17) is 9.47 Å². The molecular weight excluding hydrogens is 168 g/mol. The van der Waals surface area contributed by atoms with Crippen LogP contribution < -0.4 is 0 Å². The molecule has 1 aliphatic rings. The first-order chi connectivity index (χ1) is 6.43. The summed E-state index contributed by atoms with van der Waals surface area (Å²) < 4.78 is 10.3. The van der Waals surface area contributed by atoms with Crippen molar-refractivity contribution in [2.24, 2.45) is 5.92 Å². The fourth-order valence-electron chi connectivity index (χ4n) is 1.24. The average Bonchev–Trinajstić information content (AvgIpc) is 2.19. The van der Waals surface area contributed by atoms with E-state index in [2.05, 4.69) is 6.08 Å². The molecule has 1 fully saturated rings. The number of unbranched alkanes of at least 4 members (excludes halogenated alkanes) is 1. The summed E-state index contributed by atoms with van der Waals surface area (Å²) in [6, 6.07) is 0. The van der Waals surface area contributed by atoms with E-state index < -0.39 is 0 Å². The molecule has 3 heteroatoms. The van der Waals surface area contributed by atoms with E-state index in [9.17, 15) is 4.79 Å². The van der Waals surface area contributed by atoms with Crippen LogP contribution in [0.5, 0.6) is 0 Å². The first-order valence-corrected chi connectivity index (χ1v) is 4.67. The molecule has 0 amide bonds. The van der Waals surface area contributed by atoms with Crippen molar-refractivity contribution in [2.75, 3.05) is 20.0 Å². The second kappa shape index (κ2) is 6.80. The van der Waals surface area contributed by atoms with Crippen molar-refractivity contribution in [3.63, 3.8) is 0 Å². The first-order valence-electron chi connectivity index (χ1n) is 4.67. The lowest BCUT2D eigenvalue weighted by molar-refractivity contribution is -0.124. The Bertz CT molecular complexity index is 160. The minimum Gasteiger partial charge on any atom is -0.355 e. The minimum atomic E-state index is 0.436. The van der Waals surface area contributed by atoms with Gasteiger partial charge in [0.05, 0.1) is 13.2 Å². The molecule has 0 spiro atoms. The second-order valence-electron chi connectivity index (χ2n) is 3.18. The van der Waals surface area contributed by atoms with Crippen molar-refractivity contribution < 1.29 is 14.3 Å². The van der Waals surface area contributed by atoms with Crippen LogP contribution in [0.15, 0.2) is 12.2 Å². The van der Waals surface area contributed by atoms with E-state index in [0.717, 1.165) is 32.3 Å². The molecule has 0 unspecified atom stereocenters. The standard InChI is InChI=1S/C10H16O3/c11-6-4-2-1-3-5-10-7-12-9-13-8-10/h1,3,6,10H,2,4-5,7-9H2. The molecule has 0 aromatic heterocycles. The molecule has 0 radical (unpaired) electrons. The molecular formula is C10H16O3. The predicted molar refractivity (Wildman–Crippen MR) is 49.3 cm³/mol. The van der Waals surface area contributed by atoms with Gasteiger partial charge in [-0.2, -0.15) is 0 Å². The minimum absolute atomic E-state index is 0.436. The van der Waals surface area contributed by atoms with E-state index >= 15 is 0 Å². The Morgan fingerprint density at radius 1 is 1.15 bits per heavy atom. The molecule has 1 rings (SSSR count). The number of ether oxygens (including phenoxy) is 2. The van der Waals surface area contributed by atoms with Crippen LogP contribution in [0, 0.1) is 5.92 Å². The summed E-state index contributed by atoms with van der Waals surface area (Å²) in [5, 5.41) is 0. The molecule has 13 heavy (non-hydrogen) atoms. The number of hydrogen-bond acceptors (Lipinski definition) is 3. The van der Waals surface area contributed by atoms with Gasteiger partial charge in [0.15, 0.2) is 0 Å². The summed E-state index contributed by atoms with van der Waals surface area (Å²) in [6.45, 7) is 2.02. The van der Waals surface area contributed by atoms with Crippen molar-refractivity contribution in [1.29, 1.82) is 0 Å². The first kappa shape index (κ1) is 10.4. The quantitative estimate of drug-likeness (QED) is 0.369. The van der Waals surface area contributed by atoms with Gasteiger partial charge in [-0.25, -0.2) is 0 Å². The number of aldehydes is 1. The molecule has 3 nitrogen and oxygen atoms in total. The lowest BCUT2D eigenvalue weighted by atomic mass is 10.1. The van der Waals surface area contributed by atoms with Gasteiger partial charge in [-0.15, -0.1) is 0 Å². The second-order valence-corrected chi connectivity index (χ2v) is 3.18. The summed E-state index contributed by atoms with van der Waals surface area (Å²) >= 11 is 0. The number of carbonyl (C=O) groups excluding carboxylic acids is 1. The third-order valence-electron chi connectivity index (χ3n) is 1.96. The summed E-state index contributed by atoms with van der Waals surface area (Å²) in [4.78, 5) is 10.00. The van der Waals surface area contributed by atoms with E-state index in [1.807, 2.05) is 6.08 Å². The van der Waals surface area contributed by atoms with Gasteiger partial charge in [-0.1, -0.05) is 12.2 Å². The maximum Gasteiger partial charge on any atom is 0.146 e. The Morgan fingerprint density at radius 2 is 1.92 bits per heavy atom. The zero-order valence-electron chi connectivity index (χ0n) is 7.78. The van der Waals surface area contributed by atoms with Crippen molar-refractivity contribution in [2.45, 2.75) is 19.3 Å². The van der Waals surface area contributed by atoms with Gasteiger partial charge in [0.25, 0.3) is 0 Å². The van der Waals surface area contributed by atoms with Gasteiger partial charge in [-0.3, -0.25) is 0 Å². The summed E-state index contributed by atoms with van der Waals surface area (Å²) in [7, 11) is 0. The Labute approximate surface area is 78.7 Å². The largest absolute Gasteiger partial charge is 0.355 e. The van der Waals surface area contributed by atoms with Crippen LogP contribution in [0.1, 0.15) is 19.3 Å². The van der Waals surface area contributed by atoms with E-state index in [-0.39, 0.29) is 0 Å². The molecule has 1 aliphatic heterocycles. The van der Waals surface area contributed by atoms with E-state index in [0.29, 0.717) is 19.1 Å². The van der Waals surface area contributed by atoms with Crippen molar-refractivity contribution in [3.05, 3.63) is 12.2 Å². The van der Waals surface area contributed by atoms with Crippen molar-refractivity contribution in [3.8, 4) is 0 Å². The van der Waals surface area contributed by atoms with Crippen LogP contribution in [0.2, 0.25) is 0 Å². The molecule has 0 atom stereocenters. The summed E-state index contributed by atoms with van der Waals surface area (Å²) in [5.74, 6) is 0.487. The predicted octanol–water partition coefficient (Wildman–Crippen LogP) is 1.53. The number of hydrogen-bond donors (Lipinski definition) is 0. The highest BCUT2D eigenvalue weighted by atomic mass is 16.7. The fraction of sp³-hybridized carbons (Fsp3) is 0.700. The number of allylic oxidation sites excluding steroid dienone is 2. The third kappa shape index (κ3) is 4.80. The van der Waals surface area contributed by atoms with Crippen molar-refractivity contribution >= 4 is 6.29 Å². The smallest absolute Gasteiger partial charge is 0.146 e. The normalized spacial score (nSPS) is 19.4. The van der Waals surface area contributed by atoms with Crippen LogP contribution in [0.25, 0.3) is 0 Å². The van der Waals surface area contributed by atoms with Crippen LogP contribution in [-0.2, 0) is 14.3 Å². The molecule has 1 saturated heterocycles. The molecule has 0 aliphatic carbocycles. The lowest BCUT2D eigenvalue weighted by Gasteiger charge is -2.20. The summed E-state index contributed by atoms with van der Waals surface area (Å²) in [5.41, 5.74) is 0. The number of carbonyl (C=O) groups is 1. The van der Waals surface area contributed by atoms with Crippen LogP contribution in [0.4, 0.5) is 0 Å². The molecule has 0 bridgehead atoms. The van der Waals surface area contributed by atoms with E-state index in [1.165, 1.54) is 0 Å². The Morgan fingerprint density at radius 3 is 2.62 bits per heavy atom. The summed E-state index contributed by atoms with van der Waals surface area (Å²) in [6.07, 6.45) is 7.54. The van der Waals surface area contributed by atoms with Gasteiger partial charge in [0, 0.05) is 12.3 Å². The average molecular weight is 184 g/mol. The molecule has 0 saturated carbocycles. The van der Waals surface area contributed by atoms with Gasteiger partial charge >= 0.3 is 0 Å². The molecule has 1 heterocycles. The topological polar surface area (TPSA) is 35.5 Å². The van der Waals surface area contributed by atoms with Crippen molar-refractivity contribution in [1.82, 2.24) is 0 Å². The maximum absolute atomic E-state index is 10.00. The molecule has 74 valence electrons. The Kier molecular flexibility index (Phi) is 5.45. The van der Waals surface area contributed by atoms with Gasteiger partial charge in [0.2, 0.25) is 0 Å². The lowest BCUT2D eigenvalue weighted by Crippen LogP contribution is -2.23. The maximum atomic E-state index is 10.00. The fourth-order valence-corrected chi connectivity index (χ4v) is 1.24. The molecule has 0 aromatic carbocycles. The third-order valence-corrected chi connectivity index (χ3v) is 1.96. The van der Waals surface area contributed by atoms with Crippen LogP contribution in [0.3, 0.4) is 0 Å². The van der Waals surface area contributed by atoms with Crippen LogP contribution >= 0.6 is 0 Å². The van der Waals surface area contributed by atoms with Crippen LogP contribution in [-0.4, -0.2) is 26.3 Å². The van der Waals surface area contributed by atoms with Gasteiger partial charge in [0.1, 0.15) is 13.1 Å². The van der Waals surface area contributed by atoms with Gasteiger partial charge in [-0.05, 0) is 12.8 Å². The molecule has 0 N–H and O–H groups in total. The highest BCUT2D eigenvalue weighted by molar-refractivity contribution is 5.49. The zero-order valence-corrected chi connectivity index (χ0v) is 7.78. The Hall–Kier alpha value is -0.670.